The summed E-state index contributed by atoms with van der Waals surface area (Å²) in [6.45, 7) is 3.83. The summed E-state index contributed by atoms with van der Waals surface area (Å²) in [6.07, 6.45) is 3.97. The number of anilines is 1. The molecule has 1 unspecified atom stereocenters. The standard InChI is InChI=1S/C13H18N4O/c18-12(16-11-3-1-2-6-15-11)17-8-5-13(10-17)4-7-14-9-13/h1-3,6,14H,4-5,7-10H2,(H,15,16,18). The number of rotatable bonds is 1. The van der Waals surface area contributed by atoms with E-state index in [2.05, 4.69) is 15.6 Å². The van der Waals surface area contributed by atoms with Gasteiger partial charge in [-0.05, 0) is 31.5 Å². The highest BCUT2D eigenvalue weighted by Gasteiger charge is 2.41. The maximum atomic E-state index is 12.1. The van der Waals surface area contributed by atoms with Crippen molar-refractivity contribution in [2.24, 2.45) is 5.41 Å². The van der Waals surface area contributed by atoms with Crippen LogP contribution < -0.4 is 10.6 Å². The lowest BCUT2D eigenvalue weighted by Gasteiger charge is -2.22. The lowest BCUT2D eigenvalue weighted by atomic mass is 9.87. The quantitative estimate of drug-likeness (QED) is 0.785. The minimum atomic E-state index is -0.0301. The smallest absolute Gasteiger partial charge is 0.323 e. The molecule has 2 fully saturated rings. The average molecular weight is 246 g/mol. The Labute approximate surface area is 107 Å². The number of hydrogen-bond donors (Lipinski definition) is 2. The van der Waals surface area contributed by atoms with E-state index < -0.39 is 0 Å². The molecular weight excluding hydrogens is 228 g/mol. The van der Waals surface area contributed by atoms with Gasteiger partial charge in [-0.25, -0.2) is 9.78 Å². The summed E-state index contributed by atoms with van der Waals surface area (Å²) in [7, 11) is 0. The maximum Gasteiger partial charge on any atom is 0.323 e. The maximum absolute atomic E-state index is 12.1. The Kier molecular flexibility index (Phi) is 2.91. The second-order valence-corrected chi connectivity index (χ2v) is 5.24. The first-order valence-electron chi connectivity index (χ1n) is 6.45. The molecule has 96 valence electrons. The van der Waals surface area contributed by atoms with Crippen LogP contribution in [0.15, 0.2) is 24.4 Å². The zero-order valence-electron chi connectivity index (χ0n) is 10.4. The van der Waals surface area contributed by atoms with Crippen LogP contribution in [0.3, 0.4) is 0 Å². The molecule has 2 saturated heterocycles. The Bertz CT molecular complexity index is 428. The first-order chi connectivity index (χ1) is 8.77. The van der Waals surface area contributed by atoms with Gasteiger partial charge in [-0.1, -0.05) is 6.07 Å². The number of carbonyl (C=O) groups excluding carboxylic acids is 1. The first-order valence-corrected chi connectivity index (χ1v) is 6.45. The van der Waals surface area contributed by atoms with Crippen molar-refractivity contribution in [2.75, 3.05) is 31.5 Å². The fourth-order valence-electron chi connectivity index (χ4n) is 2.88. The van der Waals surface area contributed by atoms with Crippen LogP contribution in [-0.4, -0.2) is 42.1 Å². The summed E-state index contributed by atoms with van der Waals surface area (Å²) in [5.41, 5.74) is 0.321. The number of nitrogens with one attached hydrogen (secondary N) is 2. The van der Waals surface area contributed by atoms with Crippen LogP contribution >= 0.6 is 0 Å². The van der Waals surface area contributed by atoms with Crippen molar-refractivity contribution in [1.82, 2.24) is 15.2 Å². The monoisotopic (exact) mass is 246 g/mol. The topological polar surface area (TPSA) is 57.3 Å². The van der Waals surface area contributed by atoms with Gasteiger partial charge in [-0.2, -0.15) is 0 Å². The van der Waals surface area contributed by atoms with E-state index in [4.69, 9.17) is 0 Å². The van der Waals surface area contributed by atoms with Crippen LogP contribution in [0.25, 0.3) is 0 Å². The number of pyridine rings is 1. The summed E-state index contributed by atoms with van der Waals surface area (Å²) < 4.78 is 0. The minimum Gasteiger partial charge on any atom is -0.324 e. The molecule has 2 amide bonds. The Balaban J connectivity index is 1.61. The Morgan fingerprint density at radius 1 is 1.44 bits per heavy atom. The number of hydrogen-bond acceptors (Lipinski definition) is 3. The van der Waals surface area contributed by atoms with Crippen LogP contribution in [-0.2, 0) is 0 Å². The average Bonchev–Trinajstić information content (AvgIpc) is 3.02. The van der Waals surface area contributed by atoms with Crippen molar-refractivity contribution in [3.05, 3.63) is 24.4 Å². The number of carbonyl (C=O) groups is 1. The van der Waals surface area contributed by atoms with Crippen LogP contribution in [0.1, 0.15) is 12.8 Å². The summed E-state index contributed by atoms with van der Waals surface area (Å²) in [6, 6.07) is 5.48. The van der Waals surface area contributed by atoms with E-state index in [1.54, 1.807) is 12.3 Å². The van der Waals surface area contributed by atoms with E-state index in [1.165, 1.54) is 6.42 Å². The molecule has 1 spiro atoms. The molecule has 0 aromatic carbocycles. The SMILES string of the molecule is O=C(Nc1ccccn1)N1CCC2(CCNC2)C1. The van der Waals surface area contributed by atoms with E-state index in [-0.39, 0.29) is 6.03 Å². The molecule has 3 heterocycles. The lowest BCUT2D eigenvalue weighted by molar-refractivity contribution is 0.215. The third kappa shape index (κ3) is 2.18. The molecular formula is C13H18N4O. The molecule has 0 saturated carbocycles. The van der Waals surface area contributed by atoms with Crippen molar-refractivity contribution >= 4 is 11.8 Å². The molecule has 0 radical (unpaired) electrons. The highest BCUT2D eigenvalue weighted by atomic mass is 16.2. The molecule has 1 atom stereocenters. The second-order valence-electron chi connectivity index (χ2n) is 5.24. The van der Waals surface area contributed by atoms with Crippen LogP contribution in [0.5, 0.6) is 0 Å². The third-order valence-electron chi connectivity index (χ3n) is 3.96. The van der Waals surface area contributed by atoms with E-state index in [9.17, 15) is 4.79 Å². The normalized spacial score (nSPS) is 26.8. The first kappa shape index (κ1) is 11.5. The lowest BCUT2D eigenvalue weighted by Crippen LogP contribution is -2.36. The van der Waals surface area contributed by atoms with Gasteiger partial charge in [0.2, 0.25) is 0 Å². The number of amides is 2. The zero-order chi connectivity index (χ0) is 12.4. The third-order valence-corrected chi connectivity index (χ3v) is 3.96. The predicted molar refractivity (Wildman–Crippen MR) is 69.4 cm³/mol. The van der Waals surface area contributed by atoms with E-state index in [1.807, 2.05) is 17.0 Å². The van der Waals surface area contributed by atoms with Crippen molar-refractivity contribution in [3.63, 3.8) is 0 Å². The fraction of sp³-hybridized carbons (Fsp3) is 0.538. The number of aromatic nitrogens is 1. The van der Waals surface area contributed by atoms with Crippen molar-refractivity contribution in [2.45, 2.75) is 12.8 Å². The molecule has 1 aromatic rings. The molecule has 2 N–H and O–H groups in total. The van der Waals surface area contributed by atoms with Gasteiger partial charge < -0.3 is 10.2 Å². The van der Waals surface area contributed by atoms with Crippen molar-refractivity contribution in [1.29, 1.82) is 0 Å². The van der Waals surface area contributed by atoms with Gasteiger partial charge in [-0.3, -0.25) is 5.32 Å². The second kappa shape index (κ2) is 4.57. The van der Waals surface area contributed by atoms with Gasteiger partial charge in [0.1, 0.15) is 5.82 Å². The van der Waals surface area contributed by atoms with Crippen LogP contribution in [0.2, 0.25) is 0 Å². The largest absolute Gasteiger partial charge is 0.324 e. The molecule has 3 rings (SSSR count). The molecule has 0 bridgehead atoms. The summed E-state index contributed by atoms with van der Waals surface area (Å²) in [4.78, 5) is 18.1. The Hall–Kier alpha value is -1.62. The molecule has 18 heavy (non-hydrogen) atoms. The highest BCUT2D eigenvalue weighted by Crippen LogP contribution is 2.36. The van der Waals surface area contributed by atoms with Gasteiger partial charge in [-0.15, -0.1) is 0 Å². The Morgan fingerprint density at radius 3 is 3.11 bits per heavy atom. The number of urea groups is 1. The number of nitrogens with zero attached hydrogens (tertiary/aromatic N) is 2. The summed E-state index contributed by atoms with van der Waals surface area (Å²) in [5, 5.41) is 6.24. The molecule has 1 aromatic heterocycles. The molecule has 2 aliphatic rings. The molecule has 0 aliphatic carbocycles. The van der Waals surface area contributed by atoms with E-state index in [0.29, 0.717) is 11.2 Å². The molecule has 5 nitrogen and oxygen atoms in total. The minimum absolute atomic E-state index is 0.0301. The van der Waals surface area contributed by atoms with E-state index >= 15 is 0 Å². The zero-order valence-corrected chi connectivity index (χ0v) is 10.4. The van der Waals surface area contributed by atoms with Crippen molar-refractivity contribution in [3.8, 4) is 0 Å². The van der Waals surface area contributed by atoms with Gasteiger partial charge in [0.25, 0.3) is 0 Å². The molecule has 2 aliphatic heterocycles. The summed E-state index contributed by atoms with van der Waals surface area (Å²) in [5.74, 6) is 0.619. The van der Waals surface area contributed by atoms with Gasteiger partial charge >= 0.3 is 6.03 Å². The van der Waals surface area contributed by atoms with Crippen molar-refractivity contribution < 1.29 is 4.79 Å². The van der Waals surface area contributed by atoms with Crippen LogP contribution in [0, 0.1) is 5.41 Å². The molecule has 5 heteroatoms. The predicted octanol–water partition coefficient (Wildman–Crippen LogP) is 1.30. The van der Waals surface area contributed by atoms with E-state index in [0.717, 1.165) is 32.6 Å². The van der Waals surface area contributed by atoms with Gasteiger partial charge in [0.05, 0.1) is 0 Å². The fourth-order valence-corrected chi connectivity index (χ4v) is 2.88. The Morgan fingerprint density at radius 2 is 2.39 bits per heavy atom. The summed E-state index contributed by atoms with van der Waals surface area (Å²) >= 11 is 0. The van der Waals surface area contributed by atoms with Gasteiger partial charge in [0.15, 0.2) is 0 Å². The highest BCUT2D eigenvalue weighted by molar-refractivity contribution is 5.88. The van der Waals surface area contributed by atoms with Gasteiger partial charge in [0, 0.05) is 31.2 Å². The number of likely N-dealkylation sites (tertiary alicyclic amines) is 1. The van der Waals surface area contributed by atoms with Crippen LogP contribution in [0.4, 0.5) is 10.6 Å².